The van der Waals surface area contributed by atoms with Gasteiger partial charge in [-0.15, -0.1) is 0 Å². The number of rotatable bonds is 3. The molecule has 19 heavy (non-hydrogen) atoms. The van der Waals surface area contributed by atoms with E-state index in [0.717, 1.165) is 17.0 Å². The summed E-state index contributed by atoms with van der Waals surface area (Å²) in [6.07, 6.45) is 3.85. The predicted octanol–water partition coefficient (Wildman–Crippen LogP) is 2.03. The highest BCUT2D eigenvalue weighted by atomic mass is 19.1. The molecule has 2 N–H and O–H groups in total. The molecule has 3 rings (SSSR count). The molecule has 0 unspecified atom stereocenters. The van der Waals surface area contributed by atoms with Gasteiger partial charge in [-0.2, -0.15) is 0 Å². The number of halogens is 1. The third-order valence-corrected chi connectivity index (χ3v) is 2.93. The van der Waals surface area contributed by atoms with Gasteiger partial charge >= 0.3 is 0 Å². The van der Waals surface area contributed by atoms with E-state index in [9.17, 15) is 4.39 Å². The molecule has 0 aromatic heterocycles. The van der Waals surface area contributed by atoms with E-state index in [2.05, 4.69) is 9.97 Å². The number of aromatic nitrogens is 3. The lowest BCUT2D eigenvalue weighted by molar-refractivity contribution is 0.626. The lowest BCUT2D eigenvalue weighted by Crippen LogP contribution is -2.00. The van der Waals surface area contributed by atoms with Crippen LogP contribution in [0.1, 0.15) is 11.4 Å². The van der Waals surface area contributed by atoms with Gasteiger partial charge in [0.05, 0.1) is 12.2 Å². The summed E-state index contributed by atoms with van der Waals surface area (Å²) in [4.78, 5) is 8.62. The van der Waals surface area contributed by atoms with Gasteiger partial charge in [0.1, 0.15) is 17.3 Å². The molecule has 0 atom stereocenters. The van der Waals surface area contributed by atoms with Crippen LogP contribution in [0.4, 0.5) is 4.39 Å². The minimum atomic E-state index is -0.223. The zero-order chi connectivity index (χ0) is 13.2. The Labute approximate surface area is 110 Å². The van der Waals surface area contributed by atoms with Crippen LogP contribution in [0.5, 0.6) is 0 Å². The van der Waals surface area contributed by atoms with Gasteiger partial charge in [-0.3, -0.25) is 0 Å². The quantitative estimate of drug-likeness (QED) is 0.780. The maximum absolute atomic E-state index is 12.8. The number of benzene rings is 1. The van der Waals surface area contributed by atoms with Crippen LogP contribution in [-0.2, 0) is 13.1 Å². The summed E-state index contributed by atoms with van der Waals surface area (Å²) in [6.45, 7) is 1.01. The van der Waals surface area contributed by atoms with Crippen LogP contribution >= 0.6 is 0 Å². The van der Waals surface area contributed by atoms with Crippen LogP contribution < -0.4 is 5.73 Å². The van der Waals surface area contributed by atoms with Crippen LogP contribution in [0.15, 0.2) is 42.7 Å². The minimum absolute atomic E-state index is 0.223. The zero-order valence-corrected chi connectivity index (χ0v) is 10.3. The molecule has 2 heterocycles. The zero-order valence-electron chi connectivity index (χ0n) is 10.3. The van der Waals surface area contributed by atoms with Gasteiger partial charge in [-0.05, 0) is 23.8 Å². The van der Waals surface area contributed by atoms with Crippen LogP contribution in [-0.4, -0.2) is 14.5 Å². The van der Waals surface area contributed by atoms with Crippen molar-refractivity contribution in [1.82, 2.24) is 14.5 Å². The fourth-order valence-corrected chi connectivity index (χ4v) is 1.99. The Bertz CT molecular complexity index is 660. The van der Waals surface area contributed by atoms with Crippen molar-refractivity contribution in [3.63, 3.8) is 0 Å². The lowest BCUT2D eigenvalue weighted by Gasteiger charge is -2.08. The fourth-order valence-electron chi connectivity index (χ4n) is 1.99. The molecule has 96 valence electrons. The van der Waals surface area contributed by atoms with E-state index in [-0.39, 0.29) is 5.82 Å². The van der Waals surface area contributed by atoms with Gasteiger partial charge in [0, 0.05) is 18.9 Å². The molecule has 2 aliphatic heterocycles. The number of fused-ring (bicyclic) bond motifs is 1. The first-order chi connectivity index (χ1) is 9.24. The molecule has 0 radical (unpaired) electrons. The first kappa shape index (κ1) is 11.8. The largest absolute Gasteiger partial charge is 0.348 e. The average molecular weight is 256 g/mol. The second kappa shape index (κ2) is 4.78. The van der Waals surface area contributed by atoms with E-state index < -0.39 is 0 Å². The second-order valence-corrected chi connectivity index (χ2v) is 4.36. The minimum Gasteiger partial charge on any atom is -0.348 e. The van der Waals surface area contributed by atoms with Crippen molar-refractivity contribution >= 4 is 0 Å². The summed E-state index contributed by atoms with van der Waals surface area (Å²) in [6, 6.07) is 8.38. The molecule has 5 heteroatoms. The van der Waals surface area contributed by atoms with Crippen LogP contribution in [0.2, 0.25) is 0 Å². The van der Waals surface area contributed by atoms with Gasteiger partial charge in [0.15, 0.2) is 0 Å². The van der Waals surface area contributed by atoms with Crippen molar-refractivity contribution in [2.24, 2.45) is 5.73 Å². The summed E-state index contributed by atoms with van der Waals surface area (Å²) < 4.78 is 14.8. The second-order valence-electron chi connectivity index (χ2n) is 4.36. The Morgan fingerprint density at radius 2 is 1.79 bits per heavy atom. The highest BCUT2D eigenvalue weighted by Crippen LogP contribution is 2.18. The molecule has 0 saturated carbocycles. The van der Waals surface area contributed by atoms with Gasteiger partial charge in [0.25, 0.3) is 0 Å². The van der Waals surface area contributed by atoms with E-state index in [0.29, 0.717) is 18.9 Å². The van der Waals surface area contributed by atoms with Crippen LogP contribution in [0.25, 0.3) is 11.4 Å². The van der Waals surface area contributed by atoms with Gasteiger partial charge in [-0.1, -0.05) is 12.1 Å². The lowest BCUT2D eigenvalue weighted by atomic mass is 10.2. The molecule has 2 aliphatic rings. The third-order valence-electron chi connectivity index (χ3n) is 2.93. The van der Waals surface area contributed by atoms with Gasteiger partial charge < -0.3 is 10.3 Å². The van der Waals surface area contributed by atoms with Crippen molar-refractivity contribution in [3.05, 3.63) is 59.9 Å². The molecule has 1 aromatic carbocycles. The molecule has 0 amide bonds. The Balaban J connectivity index is 1.89. The molecule has 0 fully saturated rings. The Morgan fingerprint density at radius 3 is 2.53 bits per heavy atom. The summed E-state index contributed by atoms with van der Waals surface area (Å²) in [5.41, 5.74) is 8.22. The molecule has 0 bridgehead atoms. The molecule has 4 nitrogen and oxygen atoms in total. The average Bonchev–Trinajstić information content (AvgIpc) is 2.83. The number of nitrogens with zero attached hydrogens (tertiary/aromatic N) is 3. The first-order valence-corrected chi connectivity index (χ1v) is 6.01. The monoisotopic (exact) mass is 256 g/mol. The van der Waals surface area contributed by atoms with Crippen molar-refractivity contribution in [3.8, 4) is 11.4 Å². The predicted molar refractivity (Wildman–Crippen MR) is 70.0 cm³/mol. The van der Waals surface area contributed by atoms with E-state index in [4.69, 9.17) is 5.73 Å². The highest BCUT2D eigenvalue weighted by Gasteiger charge is 2.09. The fraction of sp³-hybridized carbons (Fsp3) is 0.143. The summed E-state index contributed by atoms with van der Waals surface area (Å²) in [5.74, 6) is 0.424. The first-order valence-electron chi connectivity index (χ1n) is 6.01. The topological polar surface area (TPSA) is 56.7 Å². The van der Waals surface area contributed by atoms with Crippen molar-refractivity contribution in [2.45, 2.75) is 13.1 Å². The van der Waals surface area contributed by atoms with E-state index in [1.165, 1.54) is 12.1 Å². The standard InChI is InChI=1S/C14H13FN4/c15-11-3-1-10(2-4-11)8-19-6-5-12-13(9-19)18-14(7-16)17-12/h1-6,9H,7-8,16H2. The molecule has 0 spiro atoms. The molecule has 0 saturated heterocycles. The number of imidazole rings is 1. The van der Waals surface area contributed by atoms with Crippen molar-refractivity contribution < 1.29 is 4.39 Å². The molecule has 0 aliphatic carbocycles. The number of hydrogen-bond donors (Lipinski definition) is 1. The van der Waals surface area contributed by atoms with E-state index in [1.807, 2.05) is 23.0 Å². The Morgan fingerprint density at radius 1 is 1.05 bits per heavy atom. The van der Waals surface area contributed by atoms with Crippen molar-refractivity contribution in [1.29, 1.82) is 0 Å². The van der Waals surface area contributed by atoms with E-state index >= 15 is 0 Å². The molecular weight excluding hydrogens is 243 g/mol. The van der Waals surface area contributed by atoms with Gasteiger partial charge in [0.2, 0.25) is 0 Å². The number of nitrogens with two attached hydrogens (primary N) is 1. The summed E-state index contributed by atoms with van der Waals surface area (Å²) >= 11 is 0. The SMILES string of the molecule is NCc1nc2ccn(Cc3ccc(F)cc3)cc-2n1. The number of hydrogen-bond acceptors (Lipinski definition) is 3. The Hall–Kier alpha value is -2.27. The molecule has 1 aromatic rings. The number of pyridine rings is 1. The van der Waals surface area contributed by atoms with Crippen LogP contribution in [0, 0.1) is 5.82 Å². The maximum atomic E-state index is 12.8. The third kappa shape index (κ3) is 2.46. The normalized spacial score (nSPS) is 11.1. The summed E-state index contributed by atoms with van der Waals surface area (Å²) in [7, 11) is 0. The van der Waals surface area contributed by atoms with Crippen molar-refractivity contribution in [2.75, 3.05) is 0 Å². The maximum Gasteiger partial charge on any atom is 0.143 e. The summed E-state index contributed by atoms with van der Waals surface area (Å²) in [5, 5.41) is 0. The Kier molecular flexibility index (Phi) is 2.97. The smallest absolute Gasteiger partial charge is 0.143 e. The van der Waals surface area contributed by atoms with Crippen LogP contribution in [0.3, 0.4) is 0 Å². The van der Waals surface area contributed by atoms with Gasteiger partial charge in [-0.25, -0.2) is 14.4 Å². The van der Waals surface area contributed by atoms with E-state index in [1.54, 1.807) is 12.1 Å². The molecular formula is C14H13FN4. The highest BCUT2D eigenvalue weighted by molar-refractivity contribution is 5.54.